The lowest BCUT2D eigenvalue weighted by atomic mass is 10.1. The Bertz CT molecular complexity index is 845. The molecule has 0 saturated carbocycles. The van der Waals surface area contributed by atoms with E-state index in [1.165, 1.54) is 17.1 Å². The van der Waals surface area contributed by atoms with Crippen LogP contribution in [0.15, 0.2) is 51.9 Å². The maximum atomic E-state index is 13.4. The number of hydrogen-bond acceptors (Lipinski definition) is 5. The van der Waals surface area contributed by atoms with E-state index in [0.717, 1.165) is 11.1 Å². The zero-order valence-corrected chi connectivity index (χ0v) is 14.6. The molecule has 8 heteroatoms. The molecular weight excluding hydrogens is 345 g/mol. The van der Waals surface area contributed by atoms with E-state index in [2.05, 4.69) is 22.1 Å². The molecule has 1 aromatic rings. The first-order valence-electron chi connectivity index (χ1n) is 7.64. The van der Waals surface area contributed by atoms with E-state index in [0.29, 0.717) is 17.2 Å². The molecule has 0 bridgehead atoms. The zero-order valence-electron chi connectivity index (χ0n) is 13.9. The Labute approximate surface area is 149 Å². The standard InChI is InChI=1S/C17H17ClFN5O/c1-10-7-21-24-12(3)23(22-17(24)11(10)2)9-16(25)20-8-13-4-5-14(18)15(19)6-13/h4-7H,3,8-9H2,1-2H3,(H,20,25). The summed E-state index contributed by atoms with van der Waals surface area (Å²) in [5.74, 6) is 0.395. The molecule has 2 aliphatic heterocycles. The number of allylic oxidation sites excluding steroid dienone is 1. The van der Waals surface area contributed by atoms with Gasteiger partial charge in [-0.3, -0.25) is 4.79 Å². The number of hydrogen-bond donors (Lipinski definition) is 1. The number of halogens is 2. The predicted molar refractivity (Wildman–Crippen MR) is 95.2 cm³/mol. The Morgan fingerprint density at radius 3 is 2.88 bits per heavy atom. The molecule has 0 atom stereocenters. The lowest BCUT2D eigenvalue weighted by Gasteiger charge is -2.21. The number of nitrogens with zero attached hydrogens (tertiary/aromatic N) is 4. The molecule has 1 aromatic carbocycles. The molecule has 0 fully saturated rings. The van der Waals surface area contributed by atoms with Gasteiger partial charge in [0, 0.05) is 12.1 Å². The highest BCUT2D eigenvalue weighted by Crippen LogP contribution is 2.26. The van der Waals surface area contributed by atoms with Gasteiger partial charge in [-0.05, 0) is 37.1 Å². The van der Waals surface area contributed by atoms with Gasteiger partial charge >= 0.3 is 0 Å². The summed E-state index contributed by atoms with van der Waals surface area (Å²) >= 11 is 5.64. The van der Waals surface area contributed by atoms with Crippen molar-refractivity contribution < 1.29 is 9.18 Å². The monoisotopic (exact) mass is 361 g/mol. The molecule has 25 heavy (non-hydrogen) atoms. The van der Waals surface area contributed by atoms with Crippen LogP contribution in [0.3, 0.4) is 0 Å². The van der Waals surface area contributed by atoms with E-state index in [4.69, 9.17) is 11.6 Å². The number of rotatable bonds is 4. The van der Waals surface area contributed by atoms with Gasteiger partial charge in [-0.2, -0.15) is 15.2 Å². The van der Waals surface area contributed by atoms with Crippen molar-refractivity contribution in [3.8, 4) is 0 Å². The van der Waals surface area contributed by atoms with Crippen LogP contribution in [0.2, 0.25) is 5.02 Å². The number of hydrazone groups is 2. The van der Waals surface area contributed by atoms with Crippen molar-refractivity contribution in [2.45, 2.75) is 20.4 Å². The van der Waals surface area contributed by atoms with Crippen molar-refractivity contribution in [1.82, 2.24) is 15.3 Å². The fourth-order valence-electron chi connectivity index (χ4n) is 2.39. The van der Waals surface area contributed by atoms with Crippen LogP contribution < -0.4 is 5.32 Å². The van der Waals surface area contributed by atoms with Crippen LogP contribution in [0.1, 0.15) is 19.4 Å². The van der Waals surface area contributed by atoms with Gasteiger partial charge in [0.25, 0.3) is 0 Å². The Morgan fingerprint density at radius 1 is 1.40 bits per heavy atom. The van der Waals surface area contributed by atoms with E-state index in [1.54, 1.807) is 17.3 Å². The van der Waals surface area contributed by atoms with Gasteiger partial charge in [-0.25, -0.2) is 9.40 Å². The average Bonchev–Trinajstić information content (AvgIpc) is 2.89. The summed E-state index contributed by atoms with van der Waals surface area (Å²) in [4.78, 5) is 12.2. The second kappa shape index (κ2) is 6.68. The first-order valence-corrected chi connectivity index (χ1v) is 8.02. The minimum absolute atomic E-state index is 0.00322. The maximum Gasteiger partial charge on any atom is 0.242 e. The van der Waals surface area contributed by atoms with Gasteiger partial charge in [0.2, 0.25) is 5.91 Å². The molecule has 0 spiro atoms. The SMILES string of the molecule is C=C1N(CC(=O)NCc2ccc(Cl)c(F)c2)N=C2C(C)=C(C)C=NN12. The van der Waals surface area contributed by atoms with Crippen LogP contribution >= 0.6 is 11.6 Å². The molecule has 1 amide bonds. The second-order valence-corrected chi connectivity index (χ2v) is 6.19. The van der Waals surface area contributed by atoms with Crippen LogP contribution in [0.5, 0.6) is 0 Å². The number of amides is 1. The van der Waals surface area contributed by atoms with Crippen LogP contribution in [-0.2, 0) is 11.3 Å². The van der Waals surface area contributed by atoms with Crippen LogP contribution in [-0.4, -0.2) is 34.5 Å². The lowest BCUT2D eigenvalue weighted by molar-refractivity contribution is -0.122. The molecule has 6 nitrogen and oxygen atoms in total. The number of amidine groups is 1. The number of carbonyl (C=O) groups is 1. The third kappa shape index (κ3) is 3.41. The van der Waals surface area contributed by atoms with Gasteiger partial charge in [-0.1, -0.05) is 24.2 Å². The molecule has 0 aromatic heterocycles. The van der Waals surface area contributed by atoms with E-state index in [1.807, 2.05) is 13.8 Å². The molecular formula is C17H17ClFN5O. The quantitative estimate of drug-likeness (QED) is 0.897. The molecule has 3 rings (SSSR count). The fourth-order valence-corrected chi connectivity index (χ4v) is 2.51. The Balaban J connectivity index is 1.62. The zero-order chi connectivity index (χ0) is 18.1. The Kier molecular flexibility index (Phi) is 4.59. The van der Waals surface area contributed by atoms with Gasteiger partial charge in [0.05, 0.1) is 11.2 Å². The highest BCUT2D eigenvalue weighted by atomic mass is 35.5. The van der Waals surface area contributed by atoms with Crippen LogP contribution in [0.4, 0.5) is 4.39 Å². The number of carbonyl (C=O) groups excluding carboxylic acids is 1. The van der Waals surface area contributed by atoms with Crippen molar-refractivity contribution in [3.63, 3.8) is 0 Å². The lowest BCUT2D eigenvalue weighted by Crippen LogP contribution is -2.34. The predicted octanol–water partition coefficient (Wildman–Crippen LogP) is 2.83. The molecule has 0 radical (unpaired) electrons. The molecule has 2 aliphatic rings. The highest BCUT2D eigenvalue weighted by molar-refractivity contribution is 6.30. The Morgan fingerprint density at radius 2 is 2.16 bits per heavy atom. The first-order chi connectivity index (χ1) is 11.9. The minimum atomic E-state index is -0.514. The summed E-state index contributed by atoms with van der Waals surface area (Å²) < 4.78 is 13.4. The highest BCUT2D eigenvalue weighted by Gasteiger charge is 2.31. The first kappa shape index (κ1) is 17.2. The minimum Gasteiger partial charge on any atom is -0.350 e. The summed E-state index contributed by atoms with van der Waals surface area (Å²) in [5, 5.41) is 14.5. The van der Waals surface area contributed by atoms with E-state index < -0.39 is 5.82 Å². The summed E-state index contributed by atoms with van der Waals surface area (Å²) in [6.07, 6.45) is 1.73. The van der Waals surface area contributed by atoms with Crippen molar-refractivity contribution in [1.29, 1.82) is 0 Å². The molecule has 0 aliphatic carbocycles. The van der Waals surface area contributed by atoms with E-state index >= 15 is 0 Å². The van der Waals surface area contributed by atoms with Crippen molar-refractivity contribution in [2.75, 3.05) is 6.54 Å². The molecule has 1 N–H and O–H groups in total. The van der Waals surface area contributed by atoms with Gasteiger partial charge in [-0.15, -0.1) is 0 Å². The topological polar surface area (TPSA) is 60.3 Å². The third-order valence-corrected chi connectivity index (χ3v) is 4.33. The smallest absolute Gasteiger partial charge is 0.242 e. The van der Waals surface area contributed by atoms with E-state index in [9.17, 15) is 9.18 Å². The summed E-state index contributed by atoms with van der Waals surface area (Å²) in [5.41, 5.74) is 2.62. The van der Waals surface area contributed by atoms with Crippen molar-refractivity contribution in [2.24, 2.45) is 10.2 Å². The molecule has 0 saturated heterocycles. The van der Waals surface area contributed by atoms with E-state index in [-0.39, 0.29) is 24.0 Å². The summed E-state index contributed by atoms with van der Waals surface area (Å²) in [6, 6.07) is 4.41. The molecule has 0 unspecified atom stereocenters. The van der Waals surface area contributed by atoms with Gasteiger partial charge in [0.15, 0.2) is 5.84 Å². The summed E-state index contributed by atoms with van der Waals surface area (Å²) in [6.45, 7) is 8.01. The second-order valence-electron chi connectivity index (χ2n) is 5.79. The van der Waals surface area contributed by atoms with Crippen LogP contribution in [0.25, 0.3) is 0 Å². The number of nitrogens with one attached hydrogen (secondary N) is 1. The van der Waals surface area contributed by atoms with Crippen molar-refractivity contribution >= 4 is 29.6 Å². The fraction of sp³-hybridized carbons (Fsp3) is 0.235. The van der Waals surface area contributed by atoms with Crippen LogP contribution in [0, 0.1) is 5.82 Å². The third-order valence-electron chi connectivity index (χ3n) is 4.02. The van der Waals surface area contributed by atoms with Gasteiger partial charge < -0.3 is 5.32 Å². The number of benzene rings is 1. The molecule has 2 heterocycles. The normalized spacial score (nSPS) is 16.3. The maximum absolute atomic E-state index is 13.4. The van der Waals surface area contributed by atoms with Gasteiger partial charge in [0.1, 0.15) is 18.2 Å². The largest absolute Gasteiger partial charge is 0.350 e. The molecule has 130 valence electrons. The number of fused-ring (bicyclic) bond motifs is 1. The average molecular weight is 362 g/mol. The summed E-state index contributed by atoms with van der Waals surface area (Å²) in [7, 11) is 0. The Hall–Kier alpha value is -2.67. The van der Waals surface area contributed by atoms with Crippen molar-refractivity contribution in [3.05, 3.63) is 58.1 Å².